The van der Waals surface area contributed by atoms with Crippen LogP contribution in [0.2, 0.25) is 0 Å². The summed E-state index contributed by atoms with van der Waals surface area (Å²) in [6.07, 6.45) is 2.41. The maximum atomic E-state index is 5.75. The molecule has 2 aromatic rings. The summed E-state index contributed by atoms with van der Waals surface area (Å²) in [5, 5.41) is 7.72. The second kappa shape index (κ2) is 5.55. The zero-order valence-electron chi connectivity index (χ0n) is 9.96. The van der Waals surface area contributed by atoms with Gasteiger partial charge in [0.05, 0.1) is 11.8 Å². The molecule has 4 nitrogen and oxygen atoms in total. The molecule has 1 aromatic heterocycles. The first-order valence-electron chi connectivity index (χ1n) is 5.59. The van der Waals surface area contributed by atoms with Crippen molar-refractivity contribution < 1.29 is 4.74 Å². The SMILES string of the molecule is CCc1ccccc1Oc1nnccc1C(N)=S. The maximum Gasteiger partial charge on any atom is 0.249 e. The van der Waals surface area contributed by atoms with Crippen molar-refractivity contribution in [3.05, 3.63) is 47.7 Å². The number of benzene rings is 1. The van der Waals surface area contributed by atoms with Gasteiger partial charge in [0.25, 0.3) is 0 Å². The number of aryl methyl sites for hydroxylation is 1. The van der Waals surface area contributed by atoms with Crippen LogP contribution >= 0.6 is 12.2 Å². The highest BCUT2D eigenvalue weighted by atomic mass is 32.1. The van der Waals surface area contributed by atoms with E-state index in [1.807, 2.05) is 24.3 Å². The van der Waals surface area contributed by atoms with Crippen molar-refractivity contribution in [2.24, 2.45) is 5.73 Å². The molecule has 5 heteroatoms. The molecular formula is C13H13N3OS. The molecule has 0 spiro atoms. The van der Waals surface area contributed by atoms with Crippen LogP contribution in [0, 0.1) is 0 Å². The van der Waals surface area contributed by atoms with Gasteiger partial charge in [0.2, 0.25) is 5.88 Å². The average Bonchev–Trinajstić information content (AvgIpc) is 2.40. The predicted molar refractivity (Wildman–Crippen MR) is 73.8 cm³/mol. The average molecular weight is 259 g/mol. The third-order valence-corrected chi connectivity index (χ3v) is 2.73. The fraction of sp³-hybridized carbons (Fsp3) is 0.154. The molecule has 2 N–H and O–H groups in total. The van der Waals surface area contributed by atoms with Crippen LogP contribution in [0.5, 0.6) is 11.6 Å². The zero-order valence-corrected chi connectivity index (χ0v) is 10.8. The number of hydrogen-bond acceptors (Lipinski definition) is 4. The third kappa shape index (κ3) is 2.62. The van der Waals surface area contributed by atoms with Gasteiger partial charge in [-0.25, -0.2) is 0 Å². The molecule has 0 aliphatic carbocycles. The number of ether oxygens (including phenoxy) is 1. The number of para-hydroxylation sites is 1. The lowest BCUT2D eigenvalue weighted by molar-refractivity contribution is 0.449. The molecule has 0 bridgehead atoms. The maximum absolute atomic E-state index is 5.75. The van der Waals surface area contributed by atoms with E-state index in [0.29, 0.717) is 11.4 Å². The number of nitrogens with two attached hydrogens (primary N) is 1. The molecular weight excluding hydrogens is 246 g/mol. The Morgan fingerprint density at radius 1 is 1.33 bits per heavy atom. The van der Waals surface area contributed by atoms with Gasteiger partial charge in [-0.1, -0.05) is 37.3 Å². The molecule has 92 valence electrons. The van der Waals surface area contributed by atoms with Crippen LogP contribution in [0.15, 0.2) is 36.5 Å². The summed E-state index contributed by atoms with van der Waals surface area (Å²) in [6.45, 7) is 2.06. The van der Waals surface area contributed by atoms with Crippen LogP contribution in [-0.2, 0) is 6.42 Å². The van der Waals surface area contributed by atoms with Gasteiger partial charge in [-0.2, -0.15) is 5.10 Å². The van der Waals surface area contributed by atoms with E-state index in [1.165, 1.54) is 6.20 Å². The molecule has 0 saturated heterocycles. The molecule has 0 unspecified atom stereocenters. The molecule has 0 aliphatic heterocycles. The Kier molecular flexibility index (Phi) is 3.84. The van der Waals surface area contributed by atoms with E-state index in [0.717, 1.165) is 17.7 Å². The summed E-state index contributed by atoms with van der Waals surface area (Å²) >= 11 is 4.96. The second-order valence-electron chi connectivity index (χ2n) is 3.68. The quantitative estimate of drug-likeness (QED) is 0.855. The lowest BCUT2D eigenvalue weighted by Gasteiger charge is -2.10. The van der Waals surface area contributed by atoms with Gasteiger partial charge in [-0.3, -0.25) is 0 Å². The number of thiocarbonyl (C=S) groups is 1. The molecule has 0 aliphatic rings. The van der Waals surface area contributed by atoms with Crippen molar-refractivity contribution in [2.45, 2.75) is 13.3 Å². The van der Waals surface area contributed by atoms with Gasteiger partial charge < -0.3 is 10.5 Å². The van der Waals surface area contributed by atoms with E-state index in [-0.39, 0.29) is 4.99 Å². The Hall–Kier alpha value is -2.01. The Bertz CT molecular complexity index is 572. The van der Waals surface area contributed by atoms with E-state index >= 15 is 0 Å². The minimum atomic E-state index is 0.244. The number of hydrogen-bond donors (Lipinski definition) is 1. The summed E-state index contributed by atoms with van der Waals surface area (Å²) in [5.74, 6) is 1.09. The van der Waals surface area contributed by atoms with Crippen LogP contribution in [-0.4, -0.2) is 15.2 Å². The summed E-state index contributed by atoms with van der Waals surface area (Å²) in [6, 6.07) is 9.46. The monoisotopic (exact) mass is 259 g/mol. The van der Waals surface area contributed by atoms with Crippen molar-refractivity contribution in [2.75, 3.05) is 0 Å². The lowest BCUT2D eigenvalue weighted by atomic mass is 10.1. The second-order valence-corrected chi connectivity index (χ2v) is 4.12. The fourth-order valence-corrected chi connectivity index (χ4v) is 1.74. The smallest absolute Gasteiger partial charge is 0.249 e. The van der Waals surface area contributed by atoms with Crippen LogP contribution in [0.3, 0.4) is 0 Å². The third-order valence-electron chi connectivity index (χ3n) is 2.51. The fourth-order valence-electron chi connectivity index (χ4n) is 1.58. The van der Waals surface area contributed by atoms with Gasteiger partial charge in [0.15, 0.2) is 0 Å². The first kappa shape index (κ1) is 12.4. The Labute approximate surface area is 111 Å². The normalized spacial score (nSPS) is 10.1. The molecule has 1 heterocycles. The predicted octanol–water partition coefficient (Wildman–Crippen LogP) is 2.47. The highest BCUT2D eigenvalue weighted by molar-refractivity contribution is 7.80. The summed E-state index contributed by atoms with van der Waals surface area (Å²) in [4.78, 5) is 0.244. The first-order valence-corrected chi connectivity index (χ1v) is 6.00. The molecule has 2 rings (SSSR count). The van der Waals surface area contributed by atoms with Crippen LogP contribution < -0.4 is 10.5 Å². The van der Waals surface area contributed by atoms with E-state index in [2.05, 4.69) is 17.1 Å². The summed E-state index contributed by atoms with van der Waals surface area (Å²) in [5.41, 5.74) is 7.31. The minimum Gasteiger partial charge on any atom is -0.437 e. The minimum absolute atomic E-state index is 0.244. The van der Waals surface area contributed by atoms with Crippen LogP contribution in [0.25, 0.3) is 0 Å². The summed E-state index contributed by atoms with van der Waals surface area (Å²) < 4.78 is 5.75. The Morgan fingerprint density at radius 3 is 2.83 bits per heavy atom. The number of nitrogens with zero attached hydrogens (tertiary/aromatic N) is 2. The van der Waals surface area contributed by atoms with Crippen LogP contribution in [0.1, 0.15) is 18.1 Å². The number of aromatic nitrogens is 2. The van der Waals surface area contributed by atoms with Gasteiger partial charge in [0.1, 0.15) is 10.7 Å². The van der Waals surface area contributed by atoms with Crippen molar-refractivity contribution in [3.8, 4) is 11.6 Å². The van der Waals surface area contributed by atoms with Gasteiger partial charge >= 0.3 is 0 Å². The van der Waals surface area contributed by atoms with E-state index in [1.54, 1.807) is 6.07 Å². The van der Waals surface area contributed by atoms with Crippen molar-refractivity contribution >= 4 is 17.2 Å². The molecule has 0 saturated carbocycles. The molecule has 18 heavy (non-hydrogen) atoms. The highest BCUT2D eigenvalue weighted by Gasteiger charge is 2.10. The largest absolute Gasteiger partial charge is 0.437 e. The Balaban J connectivity index is 2.37. The van der Waals surface area contributed by atoms with Crippen molar-refractivity contribution in [1.29, 1.82) is 0 Å². The molecule has 0 amide bonds. The summed E-state index contributed by atoms with van der Waals surface area (Å²) in [7, 11) is 0. The lowest BCUT2D eigenvalue weighted by Crippen LogP contribution is -2.12. The van der Waals surface area contributed by atoms with E-state index in [9.17, 15) is 0 Å². The van der Waals surface area contributed by atoms with E-state index in [4.69, 9.17) is 22.7 Å². The standard InChI is InChI=1S/C13H13N3OS/c1-2-9-5-3-4-6-11(9)17-13-10(12(14)18)7-8-15-16-13/h3-8H,2H2,1H3,(H2,14,18). The molecule has 0 radical (unpaired) electrons. The molecule has 0 fully saturated rings. The molecule has 0 atom stereocenters. The number of rotatable bonds is 4. The first-order chi connectivity index (χ1) is 8.72. The molecule has 1 aromatic carbocycles. The highest BCUT2D eigenvalue weighted by Crippen LogP contribution is 2.26. The zero-order chi connectivity index (χ0) is 13.0. The van der Waals surface area contributed by atoms with Crippen LogP contribution in [0.4, 0.5) is 0 Å². The van der Waals surface area contributed by atoms with Crippen molar-refractivity contribution in [3.63, 3.8) is 0 Å². The van der Waals surface area contributed by atoms with Gasteiger partial charge in [-0.15, -0.1) is 5.10 Å². The Morgan fingerprint density at radius 2 is 2.11 bits per heavy atom. The topological polar surface area (TPSA) is 61.0 Å². The van der Waals surface area contributed by atoms with Crippen molar-refractivity contribution in [1.82, 2.24) is 10.2 Å². The van der Waals surface area contributed by atoms with E-state index < -0.39 is 0 Å². The van der Waals surface area contributed by atoms with Gasteiger partial charge in [0, 0.05) is 0 Å². The van der Waals surface area contributed by atoms with Gasteiger partial charge in [-0.05, 0) is 24.1 Å².